The van der Waals surface area contributed by atoms with Crippen molar-refractivity contribution < 1.29 is 4.74 Å². The number of hydrogen-bond acceptors (Lipinski definition) is 3. The van der Waals surface area contributed by atoms with Gasteiger partial charge in [-0.05, 0) is 43.9 Å². The average Bonchev–Trinajstić information content (AvgIpc) is 3.12. The zero-order valence-electron chi connectivity index (χ0n) is 12.7. The lowest BCUT2D eigenvalue weighted by Gasteiger charge is -2.37. The first-order valence-electron chi connectivity index (χ1n) is 7.73. The summed E-state index contributed by atoms with van der Waals surface area (Å²) in [5.41, 5.74) is 0.0130. The molecule has 2 unspecified atom stereocenters. The zero-order valence-corrected chi connectivity index (χ0v) is 12.7. The van der Waals surface area contributed by atoms with Gasteiger partial charge >= 0.3 is 0 Å². The minimum Gasteiger partial charge on any atom is -0.378 e. The summed E-state index contributed by atoms with van der Waals surface area (Å²) >= 11 is 0. The number of nitrogens with one attached hydrogen (secondary N) is 1. The largest absolute Gasteiger partial charge is 0.378 e. The van der Waals surface area contributed by atoms with Crippen LogP contribution in [0.3, 0.4) is 0 Å². The van der Waals surface area contributed by atoms with Crippen LogP contribution in [-0.2, 0) is 4.74 Å². The molecule has 2 atom stereocenters. The molecular weight excluding hydrogens is 236 g/mol. The Morgan fingerprint density at radius 1 is 1.32 bits per heavy atom. The fourth-order valence-corrected chi connectivity index (χ4v) is 2.78. The Balaban J connectivity index is 1.80. The minimum atomic E-state index is -0.314. The van der Waals surface area contributed by atoms with E-state index in [1.54, 1.807) is 0 Å². The molecule has 3 heteroatoms. The molecule has 0 aliphatic heterocycles. The molecule has 1 N–H and O–H groups in total. The van der Waals surface area contributed by atoms with E-state index in [0.29, 0.717) is 11.5 Å². The van der Waals surface area contributed by atoms with Gasteiger partial charge in [0.1, 0.15) is 5.54 Å². The highest BCUT2D eigenvalue weighted by molar-refractivity contribution is 5.12. The lowest BCUT2D eigenvalue weighted by Crippen LogP contribution is -2.50. The van der Waals surface area contributed by atoms with Crippen LogP contribution >= 0.6 is 0 Å². The SMILES string of the molecule is CC(C)(C)CCOC1CCCC(C#N)(NC2CC2)C1. The lowest BCUT2D eigenvalue weighted by atomic mass is 9.81. The summed E-state index contributed by atoms with van der Waals surface area (Å²) in [5.74, 6) is 0. The molecule has 0 aromatic rings. The quantitative estimate of drug-likeness (QED) is 0.827. The molecule has 2 aliphatic carbocycles. The van der Waals surface area contributed by atoms with Crippen molar-refractivity contribution in [2.24, 2.45) is 5.41 Å². The summed E-state index contributed by atoms with van der Waals surface area (Å²) in [6.45, 7) is 7.54. The first-order valence-corrected chi connectivity index (χ1v) is 7.73. The molecule has 0 bridgehead atoms. The molecule has 2 aliphatic rings. The Labute approximate surface area is 117 Å². The summed E-state index contributed by atoms with van der Waals surface area (Å²) in [6.07, 6.45) is 7.88. The van der Waals surface area contributed by atoms with E-state index < -0.39 is 0 Å². The molecule has 0 heterocycles. The molecule has 0 radical (unpaired) electrons. The van der Waals surface area contributed by atoms with Crippen LogP contribution in [0.15, 0.2) is 0 Å². The van der Waals surface area contributed by atoms with E-state index in [-0.39, 0.29) is 11.6 Å². The van der Waals surface area contributed by atoms with E-state index in [1.165, 1.54) is 12.8 Å². The summed E-state index contributed by atoms with van der Waals surface area (Å²) in [5, 5.41) is 13.1. The standard InChI is InChI=1S/C16H28N2O/c1-15(2,3)9-10-19-14-5-4-8-16(11-14,12-17)18-13-6-7-13/h13-14,18H,4-11H2,1-3H3. The van der Waals surface area contributed by atoms with Crippen molar-refractivity contribution in [2.75, 3.05) is 6.61 Å². The van der Waals surface area contributed by atoms with Crippen LogP contribution < -0.4 is 5.32 Å². The van der Waals surface area contributed by atoms with Crippen LogP contribution in [0.4, 0.5) is 0 Å². The fraction of sp³-hybridized carbons (Fsp3) is 0.938. The van der Waals surface area contributed by atoms with Gasteiger partial charge in [-0.3, -0.25) is 5.32 Å². The number of rotatable bonds is 5. The molecule has 108 valence electrons. The van der Waals surface area contributed by atoms with Gasteiger partial charge in [-0.1, -0.05) is 20.8 Å². The van der Waals surface area contributed by atoms with Gasteiger partial charge in [0.25, 0.3) is 0 Å². The molecular formula is C16H28N2O. The van der Waals surface area contributed by atoms with Crippen molar-refractivity contribution in [3.63, 3.8) is 0 Å². The van der Waals surface area contributed by atoms with E-state index in [9.17, 15) is 5.26 Å². The van der Waals surface area contributed by atoms with Crippen LogP contribution in [0.1, 0.15) is 65.7 Å². The molecule has 0 aromatic carbocycles. The summed E-state index contributed by atoms with van der Waals surface area (Å²) in [6, 6.07) is 3.13. The maximum atomic E-state index is 9.52. The van der Waals surface area contributed by atoms with Gasteiger partial charge in [-0.2, -0.15) is 5.26 Å². The second-order valence-electron chi connectivity index (χ2n) is 7.51. The molecule has 2 fully saturated rings. The van der Waals surface area contributed by atoms with Crippen molar-refractivity contribution in [3.8, 4) is 6.07 Å². The third kappa shape index (κ3) is 4.78. The minimum absolute atomic E-state index is 0.266. The molecule has 0 saturated heterocycles. The van der Waals surface area contributed by atoms with Gasteiger partial charge in [-0.25, -0.2) is 0 Å². The van der Waals surface area contributed by atoms with Gasteiger partial charge in [0.2, 0.25) is 0 Å². The zero-order chi connectivity index (χ0) is 13.9. The number of nitrogens with zero attached hydrogens (tertiary/aromatic N) is 1. The monoisotopic (exact) mass is 264 g/mol. The second kappa shape index (κ2) is 5.81. The third-order valence-electron chi connectivity index (χ3n) is 4.18. The van der Waals surface area contributed by atoms with Crippen LogP contribution in [0.2, 0.25) is 0 Å². The Hall–Kier alpha value is -0.590. The van der Waals surface area contributed by atoms with E-state index in [1.807, 2.05) is 0 Å². The topological polar surface area (TPSA) is 45.0 Å². The molecule has 2 saturated carbocycles. The molecule has 3 nitrogen and oxygen atoms in total. The van der Waals surface area contributed by atoms with Crippen molar-refractivity contribution in [2.45, 2.75) is 83.4 Å². The van der Waals surface area contributed by atoms with Crippen molar-refractivity contribution in [1.82, 2.24) is 5.32 Å². The molecule has 19 heavy (non-hydrogen) atoms. The average molecular weight is 264 g/mol. The molecule has 0 spiro atoms. The van der Waals surface area contributed by atoms with Gasteiger partial charge in [-0.15, -0.1) is 0 Å². The highest BCUT2D eigenvalue weighted by atomic mass is 16.5. The predicted molar refractivity (Wildman–Crippen MR) is 76.8 cm³/mol. The maximum absolute atomic E-state index is 9.52. The first-order chi connectivity index (χ1) is 8.92. The van der Waals surface area contributed by atoms with Crippen LogP contribution in [0.25, 0.3) is 0 Å². The Bertz CT molecular complexity index is 338. The van der Waals surface area contributed by atoms with Gasteiger partial charge < -0.3 is 4.74 Å². The van der Waals surface area contributed by atoms with Crippen LogP contribution in [0.5, 0.6) is 0 Å². The smallest absolute Gasteiger partial charge is 0.109 e. The van der Waals surface area contributed by atoms with Gasteiger partial charge in [0, 0.05) is 19.1 Å². The Morgan fingerprint density at radius 2 is 2.05 bits per heavy atom. The summed E-state index contributed by atoms with van der Waals surface area (Å²) in [7, 11) is 0. The predicted octanol–water partition coefficient (Wildman–Crippen LogP) is 3.40. The van der Waals surface area contributed by atoms with Gasteiger partial charge in [0.05, 0.1) is 12.2 Å². The number of hydrogen-bond donors (Lipinski definition) is 1. The molecule has 0 amide bonds. The van der Waals surface area contributed by atoms with Crippen molar-refractivity contribution in [1.29, 1.82) is 5.26 Å². The third-order valence-corrected chi connectivity index (χ3v) is 4.18. The number of nitriles is 1. The molecule has 2 rings (SSSR count). The van der Waals surface area contributed by atoms with E-state index in [0.717, 1.165) is 38.7 Å². The Morgan fingerprint density at radius 3 is 2.63 bits per heavy atom. The lowest BCUT2D eigenvalue weighted by molar-refractivity contribution is -0.00146. The van der Waals surface area contributed by atoms with Gasteiger partial charge in [0.15, 0.2) is 0 Å². The molecule has 0 aromatic heterocycles. The van der Waals surface area contributed by atoms with Crippen LogP contribution in [0, 0.1) is 16.7 Å². The van der Waals surface area contributed by atoms with E-state index in [4.69, 9.17) is 4.74 Å². The normalized spacial score (nSPS) is 32.0. The van der Waals surface area contributed by atoms with Crippen molar-refractivity contribution in [3.05, 3.63) is 0 Å². The van der Waals surface area contributed by atoms with Crippen molar-refractivity contribution >= 4 is 0 Å². The first kappa shape index (κ1) is 14.8. The second-order valence-corrected chi connectivity index (χ2v) is 7.51. The highest BCUT2D eigenvalue weighted by Gasteiger charge is 2.40. The maximum Gasteiger partial charge on any atom is 0.109 e. The Kier molecular flexibility index (Phi) is 4.53. The van der Waals surface area contributed by atoms with Crippen LogP contribution in [-0.4, -0.2) is 24.3 Å². The highest BCUT2D eigenvalue weighted by Crippen LogP contribution is 2.34. The van der Waals surface area contributed by atoms with E-state index >= 15 is 0 Å². The fourth-order valence-electron chi connectivity index (χ4n) is 2.78. The van der Waals surface area contributed by atoms with E-state index in [2.05, 4.69) is 32.2 Å². The number of ether oxygens (including phenoxy) is 1. The summed E-state index contributed by atoms with van der Waals surface area (Å²) in [4.78, 5) is 0. The summed E-state index contributed by atoms with van der Waals surface area (Å²) < 4.78 is 6.03.